The topological polar surface area (TPSA) is 63.6 Å². The Morgan fingerprint density at radius 3 is 2.50 bits per heavy atom. The van der Waals surface area contributed by atoms with Crippen LogP contribution in [0.4, 0.5) is 0 Å². The van der Waals surface area contributed by atoms with Crippen LogP contribution in [0.5, 0.6) is 0 Å². The molecule has 0 rings (SSSR count). The average molecular weight is 174 g/mol. The summed E-state index contributed by atoms with van der Waals surface area (Å²) in [5.41, 5.74) is 0. The highest BCUT2D eigenvalue weighted by Gasteiger charge is 2.09. The van der Waals surface area contributed by atoms with Crippen molar-refractivity contribution in [2.75, 3.05) is 6.61 Å². The minimum Gasteiger partial charge on any atom is -0.481 e. The summed E-state index contributed by atoms with van der Waals surface area (Å²) in [6.45, 7) is 4.23. The van der Waals surface area contributed by atoms with Gasteiger partial charge in [0, 0.05) is 0 Å². The summed E-state index contributed by atoms with van der Waals surface area (Å²) < 4.78 is 4.69. The first-order valence-corrected chi connectivity index (χ1v) is 3.93. The largest absolute Gasteiger partial charge is 0.481 e. The van der Waals surface area contributed by atoms with Gasteiger partial charge in [0.25, 0.3) is 0 Å². The predicted molar refractivity (Wildman–Crippen MR) is 42.7 cm³/mol. The van der Waals surface area contributed by atoms with Crippen LogP contribution in [-0.4, -0.2) is 23.7 Å². The molecule has 0 saturated carbocycles. The van der Waals surface area contributed by atoms with Crippen molar-refractivity contribution in [3.05, 3.63) is 0 Å². The number of carbonyl (C=O) groups excluding carboxylic acids is 1. The van der Waals surface area contributed by atoms with Crippen molar-refractivity contribution in [2.45, 2.75) is 26.7 Å². The van der Waals surface area contributed by atoms with Gasteiger partial charge in [0.05, 0.1) is 6.61 Å². The van der Waals surface area contributed by atoms with Crippen LogP contribution in [0.1, 0.15) is 26.7 Å². The van der Waals surface area contributed by atoms with Crippen molar-refractivity contribution in [2.24, 2.45) is 5.92 Å². The van der Waals surface area contributed by atoms with E-state index in [1.807, 2.05) is 13.8 Å². The number of hydrogen-bond donors (Lipinski definition) is 1. The smallest absolute Gasteiger partial charge is 0.317 e. The molecule has 1 N–H and O–H groups in total. The Labute approximate surface area is 71.5 Å². The lowest BCUT2D eigenvalue weighted by Crippen LogP contribution is -2.14. The Morgan fingerprint density at radius 1 is 1.50 bits per heavy atom. The lowest BCUT2D eigenvalue weighted by Gasteiger charge is -2.07. The summed E-state index contributed by atoms with van der Waals surface area (Å²) in [5, 5.41) is 8.21. The quantitative estimate of drug-likeness (QED) is 0.499. The van der Waals surface area contributed by atoms with Crippen LogP contribution in [0.25, 0.3) is 0 Å². The van der Waals surface area contributed by atoms with Crippen molar-refractivity contribution in [3.63, 3.8) is 0 Å². The first-order chi connectivity index (χ1) is 5.56. The number of esters is 1. The van der Waals surface area contributed by atoms with E-state index in [4.69, 9.17) is 5.11 Å². The fourth-order valence-corrected chi connectivity index (χ4v) is 0.528. The van der Waals surface area contributed by atoms with Crippen molar-refractivity contribution in [1.29, 1.82) is 0 Å². The zero-order valence-corrected chi connectivity index (χ0v) is 7.37. The summed E-state index contributed by atoms with van der Waals surface area (Å²) in [5.74, 6) is -1.52. The Bertz CT molecular complexity index is 164. The van der Waals surface area contributed by atoms with Gasteiger partial charge in [-0.25, -0.2) is 0 Å². The molecule has 4 nitrogen and oxygen atoms in total. The fourth-order valence-electron chi connectivity index (χ4n) is 0.528. The van der Waals surface area contributed by atoms with Gasteiger partial charge in [-0.1, -0.05) is 20.3 Å². The van der Waals surface area contributed by atoms with E-state index in [9.17, 15) is 9.59 Å². The van der Waals surface area contributed by atoms with Crippen LogP contribution in [0, 0.1) is 5.92 Å². The minimum atomic E-state index is -1.15. The Balaban J connectivity index is 3.50. The highest BCUT2D eigenvalue weighted by molar-refractivity contribution is 5.90. The summed E-state index contributed by atoms with van der Waals surface area (Å²) in [4.78, 5) is 20.7. The first-order valence-electron chi connectivity index (χ1n) is 3.93. The first kappa shape index (κ1) is 10.9. The van der Waals surface area contributed by atoms with Crippen molar-refractivity contribution in [1.82, 2.24) is 0 Å². The molecule has 0 aliphatic carbocycles. The summed E-state index contributed by atoms with van der Waals surface area (Å²) in [7, 11) is 0. The van der Waals surface area contributed by atoms with Gasteiger partial charge in [0.15, 0.2) is 0 Å². The lowest BCUT2D eigenvalue weighted by molar-refractivity contribution is -0.152. The van der Waals surface area contributed by atoms with Gasteiger partial charge in [-0.3, -0.25) is 9.59 Å². The maximum atomic E-state index is 10.7. The van der Waals surface area contributed by atoms with E-state index in [0.717, 1.165) is 6.42 Å². The monoisotopic (exact) mass is 174 g/mol. The number of carboxylic acids is 1. The van der Waals surface area contributed by atoms with Gasteiger partial charge < -0.3 is 9.84 Å². The molecule has 0 heterocycles. The standard InChI is InChI=1S/C8H14O4/c1-3-6(2)5-12-8(11)4-7(9)10/h6H,3-5H2,1-2H3,(H,9,10)/t6-/m0/s1. The Morgan fingerprint density at radius 2 is 2.08 bits per heavy atom. The van der Waals surface area contributed by atoms with Crippen molar-refractivity contribution in [3.8, 4) is 0 Å². The van der Waals surface area contributed by atoms with Gasteiger partial charge >= 0.3 is 11.9 Å². The SMILES string of the molecule is CC[C@H](C)COC(=O)CC(=O)O. The molecule has 0 spiro atoms. The van der Waals surface area contributed by atoms with Crippen LogP contribution in [-0.2, 0) is 14.3 Å². The van der Waals surface area contributed by atoms with Gasteiger partial charge in [-0.05, 0) is 5.92 Å². The third kappa shape index (κ3) is 5.70. The Hall–Kier alpha value is -1.06. The van der Waals surface area contributed by atoms with Crippen LogP contribution < -0.4 is 0 Å². The van der Waals surface area contributed by atoms with Crippen LogP contribution in [0.15, 0.2) is 0 Å². The highest BCUT2D eigenvalue weighted by Crippen LogP contribution is 2.01. The predicted octanol–water partition coefficient (Wildman–Crippen LogP) is 1.05. The molecule has 0 radical (unpaired) electrons. The van der Waals surface area contributed by atoms with E-state index in [1.165, 1.54) is 0 Å². The molecule has 1 atom stereocenters. The van der Waals surface area contributed by atoms with E-state index in [2.05, 4.69) is 4.74 Å². The molecular weight excluding hydrogens is 160 g/mol. The number of hydrogen-bond acceptors (Lipinski definition) is 3. The highest BCUT2D eigenvalue weighted by atomic mass is 16.5. The normalized spacial score (nSPS) is 12.2. The van der Waals surface area contributed by atoms with E-state index >= 15 is 0 Å². The molecule has 0 amide bonds. The molecule has 12 heavy (non-hydrogen) atoms. The van der Waals surface area contributed by atoms with Gasteiger partial charge in [0.1, 0.15) is 6.42 Å². The minimum absolute atomic E-state index is 0.294. The second-order valence-corrected chi connectivity index (χ2v) is 2.77. The molecule has 0 bridgehead atoms. The molecule has 0 saturated heterocycles. The van der Waals surface area contributed by atoms with E-state index in [0.29, 0.717) is 12.5 Å². The molecule has 4 heteroatoms. The molecule has 0 aliphatic heterocycles. The summed E-state index contributed by atoms with van der Waals surface area (Å²) >= 11 is 0. The molecule has 0 fully saturated rings. The molecule has 0 aromatic rings. The van der Waals surface area contributed by atoms with E-state index in [-0.39, 0.29) is 0 Å². The zero-order chi connectivity index (χ0) is 9.56. The van der Waals surface area contributed by atoms with Gasteiger partial charge in [-0.2, -0.15) is 0 Å². The second-order valence-electron chi connectivity index (χ2n) is 2.77. The molecule has 70 valence electrons. The number of ether oxygens (including phenoxy) is 1. The van der Waals surface area contributed by atoms with E-state index < -0.39 is 18.4 Å². The van der Waals surface area contributed by atoms with Gasteiger partial charge in [0.2, 0.25) is 0 Å². The fraction of sp³-hybridized carbons (Fsp3) is 0.750. The van der Waals surface area contributed by atoms with Gasteiger partial charge in [-0.15, -0.1) is 0 Å². The maximum Gasteiger partial charge on any atom is 0.317 e. The number of carboxylic acid groups (broad SMARTS) is 1. The third-order valence-corrected chi connectivity index (χ3v) is 1.52. The molecule has 0 aliphatic rings. The van der Waals surface area contributed by atoms with Crippen LogP contribution in [0.3, 0.4) is 0 Å². The third-order valence-electron chi connectivity index (χ3n) is 1.52. The Kier molecular flexibility index (Phi) is 5.08. The maximum absolute atomic E-state index is 10.7. The zero-order valence-electron chi connectivity index (χ0n) is 7.37. The molecule has 0 aromatic heterocycles. The second kappa shape index (κ2) is 5.57. The van der Waals surface area contributed by atoms with Crippen molar-refractivity contribution < 1.29 is 19.4 Å². The van der Waals surface area contributed by atoms with Crippen LogP contribution >= 0.6 is 0 Å². The molecular formula is C8H14O4. The lowest BCUT2D eigenvalue weighted by atomic mass is 10.1. The molecule has 0 unspecified atom stereocenters. The van der Waals surface area contributed by atoms with Crippen LogP contribution in [0.2, 0.25) is 0 Å². The van der Waals surface area contributed by atoms with E-state index in [1.54, 1.807) is 0 Å². The molecule has 0 aromatic carbocycles. The van der Waals surface area contributed by atoms with Crippen molar-refractivity contribution >= 4 is 11.9 Å². The average Bonchev–Trinajstić information content (AvgIpc) is 1.99. The summed E-state index contributed by atoms with van der Waals surface area (Å²) in [6, 6.07) is 0. The number of carbonyl (C=O) groups is 2. The summed E-state index contributed by atoms with van der Waals surface area (Å²) in [6.07, 6.45) is 0.372. The number of aliphatic carboxylic acids is 1. The number of rotatable bonds is 5.